The van der Waals surface area contributed by atoms with Crippen molar-refractivity contribution in [2.24, 2.45) is 9.98 Å². The first-order chi connectivity index (χ1) is 22.0. The summed E-state index contributed by atoms with van der Waals surface area (Å²) >= 11 is 0. The standard InChI is InChI=1S/C37H38N2O6/c1-40-27-8-9-28-25(20-27)12-14-38-30(28)16-23-6-10-32(41-2)36(18-23)45-37-19-24(7-11-33(37)42-3)17-31-29-22-35(44-5)34(43-4)21-26(29)13-15-39-31/h6-11,18-22H,12-17H2,1-5H3. The number of rotatable bonds is 11. The molecule has 0 unspecified atom stereocenters. The molecule has 45 heavy (non-hydrogen) atoms. The highest BCUT2D eigenvalue weighted by Gasteiger charge is 2.21. The number of methoxy groups -OCH3 is 5. The van der Waals surface area contributed by atoms with Gasteiger partial charge in [-0.1, -0.05) is 12.1 Å². The van der Waals surface area contributed by atoms with Crippen molar-refractivity contribution < 1.29 is 28.4 Å². The van der Waals surface area contributed by atoms with E-state index in [2.05, 4.69) is 24.3 Å². The molecule has 0 saturated heterocycles. The molecule has 0 bridgehead atoms. The first kappa shape index (κ1) is 30.1. The molecule has 2 aliphatic rings. The van der Waals surface area contributed by atoms with Crippen molar-refractivity contribution in [3.63, 3.8) is 0 Å². The van der Waals surface area contributed by atoms with E-state index in [-0.39, 0.29) is 0 Å². The molecule has 0 fully saturated rings. The number of fused-ring (bicyclic) bond motifs is 2. The van der Waals surface area contributed by atoms with E-state index in [1.165, 1.54) is 11.1 Å². The van der Waals surface area contributed by atoms with Crippen molar-refractivity contribution in [3.8, 4) is 40.2 Å². The minimum Gasteiger partial charge on any atom is -0.497 e. The number of benzene rings is 4. The molecule has 6 rings (SSSR count). The SMILES string of the molecule is COc1ccc2c(c1)CCN=C2Cc1ccc(OC)c(Oc2cc(CC3=NCCc4cc(OC)c(OC)cc43)ccc2OC)c1. The van der Waals surface area contributed by atoms with Gasteiger partial charge < -0.3 is 28.4 Å². The molecule has 0 amide bonds. The summed E-state index contributed by atoms with van der Waals surface area (Å²) in [5, 5.41) is 0. The predicted molar refractivity (Wildman–Crippen MR) is 176 cm³/mol. The van der Waals surface area contributed by atoms with Gasteiger partial charge in [0.1, 0.15) is 5.75 Å². The smallest absolute Gasteiger partial charge is 0.169 e. The molecule has 0 radical (unpaired) electrons. The molecule has 0 spiro atoms. The van der Waals surface area contributed by atoms with Crippen LogP contribution in [0.1, 0.15) is 33.4 Å². The highest BCUT2D eigenvalue weighted by Crippen LogP contribution is 2.39. The van der Waals surface area contributed by atoms with E-state index < -0.39 is 0 Å². The molecule has 0 N–H and O–H groups in total. The first-order valence-electron chi connectivity index (χ1n) is 15.0. The zero-order chi connectivity index (χ0) is 31.3. The lowest BCUT2D eigenvalue weighted by Crippen LogP contribution is -2.16. The van der Waals surface area contributed by atoms with Gasteiger partial charge in [0.2, 0.25) is 0 Å². The van der Waals surface area contributed by atoms with Crippen LogP contribution >= 0.6 is 0 Å². The Morgan fingerprint density at radius 3 is 1.58 bits per heavy atom. The van der Waals surface area contributed by atoms with Crippen LogP contribution in [0, 0.1) is 0 Å². The monoisotopic (exact) mass is 606 g/mol. The summed E-state index contributed by atoms with van der Waals surface area (Å²) in [7, 11) is 8.30. The molecule has 8 heteroatoms. The minimum absolute atomic E-state index is 0.599. The number of aliphatic imine (C=N–C) groups is 2. The fourth-order valence-corrected chi connectivity index (χ4v) is 6.00. The highest BCUT2D eigenvalue weighted by atomic mass is 16.5. The Kier molecular flexibility index (Phi) is 8.91. The summed E-state index contributed by atoms with van der Waals surface area (Å²) in [4.78, 5) is 9.75. The van der Waals surface area contributed by atoms with Crippen LogP contribution in [0.25, 0.3) is 0 Å². The van der Waals surface area contributed by atoms with Gasteiger partial charge in [0.05, 0.1) is 35.5 Å². The Bertz CT molecular complexity index is 1780. The molecule has 232 valence electrons. The lowest BCUT2D eigenvalue weighted by atomic mass is 9.93. The van der Waals surface area contributed by atoms with Crippen LogP contribution in [0.2, 0.25) is 0 Å². The Balaban J connectivity index is 1.27. The highest BCUT2D eigenvalue weighted by molar-refractivity contribution is 6.05. The quantitative estimate of drug-likeness (QED) is 0.189. The van der Waals surface area contributed by atoms with Gasteiger partial charge in [-0.25, -0.2) is 0 Å². The molecule has 4 aromatic carbocycles. The summed E-state index contributed by atoms with van der Waals surface area (Å²) in [5.74, 6) is 4.76. The van der Waals surface area contributed by atoms with Gasteiger partial charge in [0, 0.05) is 42.9 Å². The number of ether oxygens (including phenoxy) is 6. The Hall–Kier alpha value is -4.98. The van der Waals surface area contributed by atoms with Crippen molar-refractivity contribution in [1.29, 1.82) is 0 Å². The van der Waals surface area contributed by atoms with Gasteiger partial charge in [-0.05, 0) is 95.3 Å². The molecule has 8 nitrogen and oxygen atoms in total. The second-order valence-electron chi connectivity index (χ2n) is 11.0. The third-order valence-electron chi connectivity index (χ3n) is 8.33. The predicted octanol–water partition coefficient (Wildman–Crippen LogP) is 6.70. The molecule has 0 saturated carbocycles. The Morgan fingerprint density at radius 2 is 1.02 bits per heavy atom. The van der Waals surface area contributed by atoms with Crippen LogP contribution in [0.3, 0.4) is 0 Å². The topological polar surface area (TPSA) is 80.1 Å². The molecule has 0 atom stereocenters. The summed E-state index contributed by atoms with van der Waals surface area (Å²) < 4.78 is 34.5. The third-order valence-corrected chi connectivity index (χ3v) is 8.33. The fraction of sp³-hybridized carbons (Fsp3) is 0.297. The molecule has 4 aromatic rings. The molecular weight excluding hydrogens is 568 g/mol. The van der Waals surface area contributed by atoms with Crippen LogP contribution in [0.4, 0.5) is 0 Å². The third kappa shape index (κ3) is 6.32. The van der Waals surface area contributed by atoms with Gasteiger partial charge in [-0.3, -0.25) is 9.98 Å². The van der Waals surface area contributed by atoms with Crippen LogP contribution in [0.5, 0.6) is 40.2 Å². The van der Waals surface area contributed by atoms with E-state index in [9.17, 15) is 0 Å². The van der Waals surface area contributed by atoms with Crippen LogP contribution in [0.15, 0.2) is 76.7 Å². The average molecular weight is 607 g/mol. The van der Waals surface area contributed by atoms with Crippen LogP contribution in [-0.2, 0) is 25.7 Å². The summed E-state index contributed by atoms with van der Waals surface area (Å²) in [6.45, 7) is 1.49. The summed E-state index contributed by atoms with van der Waals surface area (Å²) in [6.07, 6.45) is 3.07. The maximum Gasteiger partial charge on any atom is 0.169 e. The normalized spacial score (nSPS) is 13.5. The second kappa shape index (κ2) is 13.3. The summed E-state index contributed by atoms with van der Waals surface area (Å²) in [5.41, 5.74) is 8.88. The molecule has 0 aromatic heterocycles. The van der Waals surface area contributed by atoms with E-state index in [1.54, 1.807) is 35.5 Å². The zero-order valence-electron chi connectivity index (χ0n) is 26.4. The van der Waals surface area contributed by atoms with Crippen molar-refractivity contribution in [2.45, 2.75) is 25.7 Å². The zero-order valence-corrected chi connectivity index (χ0v) is 26.4. The second-order valence-corrected chi connectivity index (χ2v) is 11.0. The van der Waals surface area contributed by atoms with Gasteiger partial charge in [-0.2, -0.15) is 0 Å². The van der Waals surface area contributed by atoms with E-state index in [1.807, 2.05) is 42.5 Å². The maximum atomic E-state index is 6.54. The molecule has 0 aliphatic carbocycles. The first-order valence-corrected chi connectivity index (χ1v) is 15.0. The Morgan fingerprint density at radius 1 is 0.489 bits per heavy atom. The van der Waals surface area contributed by atoms with E-state index in [0.717, 1.165) is 71.1 Å². The van der Waals surface area contributed by atoms with Gasteiger partial charge in [-0.15, -0.1) is 0 Å². The minimum atomic E-state index is 0.599. The van der Waals surface area contributed by atoms with E-state index in [0.29, 0.717) is 41.6 Å². The van der Waals surface area contributed by atoms with E-state index >= 15 is 0 Å². The molecule has 2 aliphatic heterocycles. The molecular formula is C37H38N2O6. The van der Waals surface area contributed by atoms with Crippen molar-refractivity contribution >= 4 is 11.4 Å². The van der Waals surface area contributed by atoms with Crippen molar-refractivity contribution in [2.75, 3.05) is 48.6 Å². The van der Waals surface area contributed by atoms with E-state index in [4.69, 9.17) is 38.4 Å². The van der Waals surface area contributed by atoms with Crippen molar-refractivity contribution in [1.82, 2.24) is 0 Å². The lowest BCUT2D eigenvalue weighted by Gasteiger charge is -2.20. The van der Waals surface area contributed by atoms with Gasteiger partial charge >= 0.3 is 0 Å². The maximum absolute atomic E-state index is 6.54. The lowest BCUT2D eigenvalue weighted by molar-refractivity contribution is 0.354. The van der Waals surface area contributed by atoms with Gasteiger partial charge in [0.25, 0.3) is 0 Å². The van der Waals surface area contributed by atoms with Crippen molar-refractivity contribution in [3.05, 3.63) is 100 Å². The van der Waals surface area contributed by atoms with Gasteiger partial charge in [0.15, 0.2) is 34.5 Å². The number of nitrogens with zero attached hydrogens (tertiary/aromatic N) is 2. The van der Waals surface area contributed by atoms with Crippen LogP contribution < -0.4 is 28.4 Å². The fourth-order valence-electron chi connectivity index (χ4n) is 6.00. The largest absolute Gasteiger partial charge is 0.497 e. The molecule has 2 heterocycles. The number of hydrogen-bond acceptors (Lipinski definition) is 8. The van der Waals surface area contributed by atoms with Crippen LogP contribution in [-0.4, -0.2) is 60.1 Å². The number of hydrogen-bond donors (Lipinski definition) is 0. The Labute approximate surface area is 264 Å². The summed E-state index contributed by atoms with van der Waals surface area (Å²) in [6, 6.07) is 22.3. The average Bonchev–Trinajstić information content (AvgIpc) is 3.08.